The van der Waals surface area contributed by atoms with Crippen LogP contribution in [0.25, 0.3) is 0 Å². The maximum absolute atomic E-state index is 11.8. The van der Waals surface area contributed by atoms with Crippen molar-refractivity contribution in [1.82, 2.24) is 5.32 Å². The van der Waals surface area contributed by atoms with Crippen molar-refractivity contribution in [2.45, 2.75) is 24.0 Å². The molecule has 2 rings (SSSR count). The summed E-state index contributed by atoms with van der Waals surface area (Å²) in [7, 11) is -3.18. The molecule has 1 atom stereocenters. The molecule has 2 aliphatic rings. The van der Waals surface area contributed by atoms with Gasteiger partial charge in [0.1, 0.15) is 4.75 Å². The van der Waals surface area contributed by atoms with Crippen LogP contribution in [0.3, 0.4) is 0 Å². The van der Waals surface area contributed by atoms with Gasteiger partial charge in [0.2, 0.25) is 0 Å². The Kier molecular flexibility index (Phi) is 1.96. The van der Waals surface area contributed by atoms with Crippen LogP contribution in [0.4, 0.5) is 0 Å². The molecule has 13 heavy (non-hydrogen) atoms. The van der Waals surface area contributed by atoms with Gasteiger partial charge in [0.05, 0.1) is 5.75 Å². The van der Waals surface area contributed by atoms with E-state index in [2.05, 4.69) is 5.32 Å². The van der Waals surface area contributed by atoms with Gasteiger partial charge in [-0.2, -0.15) is 0 Å². The van der Waals surface area contributed by atoms with E-state index >= 15 is 0 Å². The van der Waals surface area contributed by atoms with Gasteiger partial charge in [0.15, 0.2) is 15.6 Å². The van der Waals surface area contributed by atoms with Crippen LogP contribution < -0.4 is 5.32 Å². The number of ketones is 1. The SMILES string of the molecule is O=C1CCCS(=O)(=O)C12CCNC2. The first-order valence-electron chi connectivity index (χ1n) is 4.55. The van der Waals surface area contributed by atoms with Crippen LogP contribution in [0.5, 0.6) is 0 Å². The van der Waals surface area contributed by atoms with E-state index in [-0.39, 0.29) is 11.5 Å². The third-order valence-corrected chi connectivity index (χ3v) is 5.63. The van der Waals surface area contributed by atoms with E-state index in [1.54, 1.807) is 0 Å². The summed E-state index contributed by atoms with van der Waals surface area (Å²) in [6.07, 6.45) is 1.40. The monoisotopic (exact) mass is 203 g/mol. The standard InChI is InChI=1S/C8H13NO3S/c10-7-2-1-5-13(11,12)8(7)3-4-9-6-8/h9H,1-6H2. The highest BCUT2D eigenvalue weighted by Gasteiger charge is 2.53. The van der Waals surface area contributed by atoms with Gasteiger partial charge in [-0.05, 0) is 19.4 Å². The second kappa shape index (κ2) is 2.78. The molecule has 2 fully saturated rings. The number of carbonyl (C=O) groups excluding carboxylic acids is 1. The number of hydrogen-bond donors (Lipinski definition) is 1. The highest BCUT2D eigenvalue weighted by molar-refractivity contribution is 7.93. The predicted molar refractivity (Wildman–Crippen MR) is 48.2 cm³/mol. The Labute approximate surface area is 77.6 Å². The van der Waals surface area contributed by atoms with Crippen LogP contribution in [0, 0.1) is 0 Å². The van der Waals surface area contributed by atoms with Gasteiger partial charge in [-0.15, -0.1) is 0 Å². The maximum atomic E-state index is 11.8. The number of Topliss-reactive ketones (excluding diaryl/α,β-unsaturated/α-hetero) is 1. The minimum Gasteiger partial charge on any atom is -0.315 e. The molecule has 0 aromatic rings. The summed E-state index contributed by atoms with van der Waals surface area (Å²) in [5, 5.41) is 2.97. The van der Waals surface area contributed by atoms with Gasteiger partial charge in [-0.25, -0.2) is 8.42 Å². The highest BCUT2D eigenvalue weighted by atomic mass is 32.2. The predicted octanol–water partition coefficient (Wildman–Crippen LogP) is -0.504. The van der Waals surface area contributed by atoms with Crippen LogP contribution >= 0.6 is 0 Å². The first-order valence-corrected chi connectivity index (χ1v) is 6.20. The number of sulfone groups is 1. The van der Waals surface area contributed by atoms with Crippen molar-refractivity contribution >= 4 is 15.6 Å². The van der Waals surface area contributed by atoms with Gasteiger partial charge in [0, 0.05) is 13.0 Å². The van der Waals surface area contributed by atoms with Gasteiger partial charge in [-0.1, -0.05) is 0 Å². The molecule has 0 bridgehead atoms. The molecule has 0 amide bonds. The minimum absolute atomic E-state index is 0.0799. The van der Waals surface area contributed by atoms with E-state index in [4.69, 9.17) is 0 Å². The van der Waals surface area contributed by atoms with E-state index in [0.29, 0.717) is 32.4 Å². The summed E-state index contributed by atoms with van der Waals surface area (Å²) >= 11 is 0. The van der Waals surface area contributed by atoms with Crippen LogP contribution in [-0.2, 0) is 14.6 Å². The Bertz CT molecular complexity index is 327. The lowest BCUT2D eigenvalue weighted by Gasteiger charge is -2.30. The summed E-state index contributed by atoms with van der Waals surface area (Å²) in [4.78, 5) is 11.6. The summed E-state index contributed by atoms with van der Waals surface area (Å²) in [5.41, 5.74) is 0. The number of carbonyl (C=O) groups is 1. The molecular formula is C8H13NO3S. The van der Waals surface area contributed by atoms with Crippen molar-refractivity contribution in [2.75, 3.05) is 18.8 Å². The van der Waals surface area contributed by atoms with E-state index in [1.165, 1.54) is 0 Å². The molecule has 74 valence electrons. The van der Waals surface area contributed by atoms with Crippen molar-refractivity contribution < 1.29 is 13.2 Å². The van der Waals surface area contributed by atoms with E-state index in [9.17, 15) is 13.2 Å². The fourth-order valence-corrected chi connectivity index (χ4v) is 4.29. The molecule has 1 spiro atoms. The van der Waals surface area contributed by atoms with Gasteiger partial charge in [-0.3, -0.25) is 4.79 Å². The lowest BCUT2D eigenvalue weighted by Crippen LogP contribution is -2.52. The average Bonchev–Trinajstić information content (AvgIpc) is 2.50. The largest absolute Gasteiger partial charge is 0.315 e. The molecule has 1 unspecified atom stereocenters. The van der Waals surface area contributed by atoms with Crippen molar-refractivity contribution in [3.63, 3.8) is 0 Å². The molecule has 5 heteroatoms. The van der Waals surface area contributed by atoms with Crippen LogP contribution in [-0.4, -0.2) is 37.8 Å². The smallest absolute Gasteiger partial charge is 0.164 e. The fraction of sp³-hybridized carbons (Fsp3) is 0.875. The van der Waals surface area contributed by atoms with Crippen LogP contribution in [0.2, 0.25) is 0 Å². The normalized spacial score (nSPS) is 38.3. The molecule has 2 heterocycles. The molecule has 0 aromatic heterocycles. The van der Waals surface area contributed by atoms with Gasteiger partial charge < -0.3 is 5.32 Å². The Balaban J connectivity index is 2.45. The summed E-state index contributed by atoms with van der Waals surface area (Å²) in [6, 6.07) is 0. The second-order valence-corrected chi connectivity index (χ2v) is 6.19. The third kappa shape index (κ3) is 1.14. The van der Waals surface area contributed by atoms with Crippen molar-refractivity contribution in [3.8, 4) is 0 Å². The Morgan fingerprint density at radius 3 is 2.69 bits per heavy atom. The summed E-state index contributed by atoms with van der Waals surface area (Å²) in [6.45, 7) is 0.971. The molecule has 2 aliphatic heterocycles. The minimum atomic E-state index is -3.18. The first-order chi connectivity index (χ1) is 6.08. The number of nitrogens with one attached hydrogen (secondary N) is 1. The van der Waals surface area contributed by atoms with Crippen LogP contribution in [0.15, 0.2) is 0 Å². The molecule has 2 saturated heterocycles. The zero-order valence-electron chi connectivity index (χ0n) is 7.38. The lowest BCUT2D eigenvalue weighted by atomic mass is 9.98. The first kappa shape index (κ1) is 9.15. The van der Waals surface area contributed by atoms with E-state index in [0.717, 1.165) is 0 Å². The molecule has 0 saturated carbocycles. The Morgan fingerprint density at radius 1 is 1.38 bits per heavy atom. The molecule has 4 nitrogen and oxygen atoms in total. The molecular weight excluding hydrogens is 190 g/mol. The Hall–Kier alpha value is -0.420. The number of hydrogen-bond acceptors (Lipinski definition) is 4. The van der Waals surface area contributed by atoms with E-state index in [1.807, 2.05) is 0 Å². The maximum Gasteiger partial charge on any atom is 0.164 e. The summed E-state index contributed by atoms with van der Waals surface area (Å²) in [5.74, 6) is 0.101. The zero-order chi connectivity index (χ0) is 9.53. The molecule has 1 N–H and O–H groups in total. The third-order valence-electron chi connectivity index (χ3n) is 3.04. The Morgan fingerprint density at radius 2 is 2.15 bits per heavy atom. The van der Waals surface area contributed by atoms with E-state index < -0.39 is 14.6 Å². The molecule has 0 aliphatic carbocycles. The van der Waals surface area contributed by atoms with Crippen molar-refractivity contribution in [3.05, 3.63) is 0 Å². The molecule has 0 aromatic carbocycles. The highest BCUT2D eigenvalue weighted by Crippen LogP contribution is 2.32. The van der Waals surface area contributed by atoms with Gasteiger partial charge in [0.25, 0.3) is 0 Å². The fourth-order valence-electron chi connectivity index (χ4n) is 2.19. The van der Waals surface area contributed by atoms with Crippen molar-refractivity contribution in [1.29, 1.82) is 0 Å². The average molecular weight is 203 g/mol. The van der Waals surface area contributed by atoms with Crippen LogP contribution in [0.1, 0.15) is 19.3 Å². The van der Waals surface area contributed by atoms with Gasteiger partial charge >= 0.3 is 0 Å². The van der Waals surface area contributed by atoms with Crippen molar-refractivity contribution in [2.24, 2.45) is 0 Å². The second-order valence-electron chi connectivity index (χ2n) is 3.77. The molecule has 0 radical (unpaired) electrons. The lowest BCUT2D eigenvalue weighted by molar-refractivity contribution is -0.121. The zero-order valence-corrected chi connectivity index (χ0v) is 8.19. The quantitative estimate of drug-likeness (QED) is 0.576. The topological polar surface area (TPSA) is 63.2 Å². The number of rotatable bonds is 0. The summed E-state index contributed by atoms with van der Waals surface area (Å²) < 4.78 is 22.5.